The van der Waals surface area contributed by atoms with E-state index in [1.54, 1.807) is 26.1 Å². The third-order valence-electron chi connectivity index (χ3n) is 5.72. The molecule has 3 rings (SSSR count). The van der Waals surface area contributed by atoms with Crippen LogP contribution in [-0.4, -0.2) is 83.2 Å². The number of carbonyl (C=O) groups is 1. The van der Waals surface area contributed by atoms with E-state index in [-0.39, 0.29) is 5.91 Å². The third kappa shape index (κ3) is 5.25. The number of anilines is 2. The van der Waals surface area contributed by atoms with Crippen molar-refractivity contribution in [2.75, 3.05) is 77.3 Å². The average molecular weight is 411 g/mol. The molecule has 1 aliphatic heterocycles. The number of para-hydroxylation sites is 3. The Kier molecular flexibility index (Phi) is 7.57. The fraction of sp³-hybridized carbons (Fsp3) is 0.458. The van der Waals surface area contributed by atoms with Gasteiger partial charge >= 0.3 is 0 Å². The van der Waals surface area contributed by atoms with Gasteiger partial charge in [0.15, 0.2) is 0 Å². The molecule has 2 aromatic carbocycles. The molecular weight excluding hydrogens is 376 g/mol. The van der Waals surface area contributed by atoms with Crippen LogP contribution in [0.1, 0.15) is 16.8 Å². The van der Waals surface area contributed by atoms with Gasteiger partial charge in [-0.15, -0.1) is 0 Å². The maximum Gasteiger partial charge on any atom is 0.255 e. The number of rotatable bonds is 8. The lowest BCUT2D eigenvalue weighted by Crippen LogP contribution is -2.47. The van der Waals surface area contributed by atoms with Gasteiger partial charge in [0.25, 0.3) is 5.91 Å². The van der Waals surface area contributed by atoms with Crippen LogP contribution in [0.3, 0.4) is 0 Å². The smallest absolute Gasteiger partial charge is 0.255 e. The van der Waals surface area contributed by atoms with Crippen molar-refractivity contribution < 1.29 is 9.53 Å². The molecule has 1 saturated heterocycles. The van der Waals surface area contributed by atoms with Gasteiger partial charge in [-0.2, -0.15) is 0 Å². The Labute approximate surface area is 180 Å². The maximum absolute atomic E-state index is 12.5. The molecule has 1 fully saturated rings. The molecule has 0 aliphatic carbocycles. The lowest BCUT2D eigenvalue weighted by Gasteiger charge is -2.37. The van der Waals surface area contributed by atoms with Gasteiger partial charge in [0.1, 0.15) is 5.75 Å². The van der Waals surface area contributed by atoms with Crippen molar-refractivity contribution >= 4 is 17.3 Å². The van der Waals surface area contributed by atoms with Crippen molar-refractivity contribution in [2.45, 2.75) is 6.42 Å². The first kappa shape index (κ1) is 22.0. The monoisotopic (exact) mass is 410 g/mol. The minimum Gasteiger partial charge on any atom is -0.495 e. The van der Waals surface area contributed by atoms with Gasteiger partial charge < -0.3 is 19.4 Å². The second-order valence-electron chi connectivity index (χ2n) is 7.99. The highest BCUT2D eigenvalue weighted by atomic mass is 16.5. The summed E-state index contributed by atoms with van der Waals surface area (Å²) in [6.07, 6.45) is 1.07. The minimum absolute atomic E-state index is 0.0462. The molecule has 0 unspecified atom stereocenters. The van der Waals surface area contributed by atoms with Gasteiger partial charge in [0.05, 0.1) is 18.4 Å². The van der Waals surface area contributed by atoms with E-state index < -0.39 is 0 Å². The predicted molar refractivity (Wildman–Crippen MR) is 124 cm³/mol. The summed E-state index contributed by atoms with van der Waals surface area (Å²) in [6, 6.07) is 16.1. The van der Waals surface area contributed by atoms with E-state index in [4.69, 9.17) is 4.74 Å². The molecule has 1 heterocycles. The summed E-state index contributed by atoms with van der Waals surface area (Å²) in [6.45, 7) is 6.11. The Morgan fingerprint density at radius 3 is 2.33 bits per heavy atom. The molecule has 6 heteroatoms. The van der Waals surface area contributed by atoms with Crippen molar-refractivity contribution in [2.24, 2.45) is 0 Å². The summed E-state index contributed by atoms with van der Waals surface area (Å²) in [5, 5.41) is 0. The Hall–Kier alpha value is -2.73. The van der Waals surface area contributed by atoms with E-state index >= 15 is 0 Å². The molecule has 6 nitrogen and oxygen atoms in total. The molecule has 2 aromatic rings. The number of amides is 1. The Balaban J connectivity index is 1.48. The van der Waals surface area contributed by atoms with Gasteiger partial charge in [0, 0.05) is 59.6 Å². The second kappa shape index (κ2) is 10.3. The van der Waals surface area contributed by atoms with Crippen LogP contribution < -0.4 is 14.5 Å². The quantitative estimate of drug-likeness (QED) is 0.669. The first-order valence-electron chi connectivity index (χ1n) is 10.6. The minimum atomic E-state index is 0.0462. The van der Waals surface area contributed by atoms with Crippen molar-refractivity contribution in [1.82, 2.24) is 9.80 Å². The van der Waals surface area contributed by atoms with Crippen LogP contribution in [-0.2, 0) is 0 Å². The van der Waals surface area contributed by atoms with E-state index in [1.807, 2.05) is 36.4 Å². The van der Waals surface area contributed by atoms with Crippen LogP contribution in [0, 0.1) is 0 Å². The van der Waals surface area contributed by atoms with Crippen LogP contribution in [0.25, 0.3) is 0 Å². The largest absolute Gasteiger partial charge is 0.495 e. The zero-order valence-electron chi connectivity index (χ0n) is 18.7. The predicted octanol–water partition coefficient (Wildman–Crippen LogP) is 3.05. The zero-order valence-corrected chi connectivity index (χ0v) is 18.7. The van der Waals surface area contributed by atoms with Crippen LogP contribution in [0.15, 0.2) is 48.5 Å². The first-order chi connectivity index (χ1) is 14.5. The standard InChI is InChI=1S/C24H34N4O2/c1-25(2)24(29)20-10-5-6-11-21(20)26(3)14-9-15-27-16-18-28(19-17-27)22-12-7-8-13-23(22)30-4/h5-8,10-13H,9,14-19H2,1-4H3. The zero-order chi connectivity index (χ0) is 21.5. The SMILES string of the molecule is COc1ccccc1N1CCN(CCCN(C)c2ccccc2C(=O)N(C)C)CC1. The van der Waals surface area contributed by atoms with E-state index in [0.29, 0.717) is 0 Å². The molecule has 0 N–H and O–H groups in total. The normalized spacial score (nSPS) is 14.5. The van der Waals surface area contributed by atoms with Crippen LogP contribution in [0.5, 0.6) is 5.75 Å². The van der Waals surface area contributed by atoms with E-state index in [9.17, 15) is 4.79 Å². The molecule has 0 atom stereocenters. The molecular formula is C24H34N4O2. The average Bonchev–Trinajstić information content (AvgIpc) is 2.78. The Morgan fingerprint density at radius 1 is 0.967 bits per heavy atom. The summed E-state index contributed by atoms with van der Waals surface area (Å²) in [4.78, 5) is 21.2. The van der Waals surface area contributed by atoms with Crippen molar-refractivity contribution in [3.63, 3.8) is 0 Å². The van der Waals surface area contributed by atoms with Crippen LogP contribution in [0.2, 0.25) is 0 Å². The van der Waals surface area contributed by atoms with E-state index in [0.717, 1.165) is 62.7 Å². The highest BCUT2D eigenvalue weighted by Crippen LogP contribution is 2.28. The number of nitrogens with zero attached hydrogens (tertiary/aromatic N) is 4. The van der Waals surface area contributed by atoms with E-state index in [2.05, 4.69) is 33.9 Å². The topological polar surface area (TPSA) is 39.3 Å². The third-order valence-corrected chi connectivity index (χ3v) is 5.72. The fourth-order valence-electron chi connectivity index (χ4n) is 3.98. The van der Waals surface area contributed by atoms with E-state index in [1.165, 1.54) is 5.69 Å². The summed E-state index contributed by atoms with van der Waals surface area (Å²) in [5.41, 5.74) is 2.94. The number of hydrogen-bond acceptors (Lipinski definition) is 5. The molecule has 0 radical (unpaired) electrons. The maximum atomic E-state index is 12.5. The molecule has 1 aliphatic rings. The van der Waals surface area contributed by atoms with Crippen molar-refractivity contribution in [3.05, 3.63) is 54.1 Å². The lowest BCUT2D eigenvalue weighted by molar-refractivity contribution is 0.0828. The van der Waals surface area contributed by atoms with Crippen molar-refractivity contribution in [1.29, 1.82) is 0 Å². The number of carbonyl (C=O) groups excluding carboxylic acids is 1. The summed E-state index contributed by atoms with van der Waals surface area (Å²) >= 11 is 0. The summed E-state index contributed by atoms with van der Waals surface area (Å²) in [5.74, 6) is 0.989. The highest BCUT2D eigenvalue weighted by Gasteiger charge is 2.20. The molecule has 1 amide bonds. The van der Waals surface area contributed by atoms with Gasteiger partial charge in [-0.3, -0.25) is 9.69 Å². The Morgan fingerprint density at radius 2 is 1.63 bits per heavy atom. The number of hydrogen-bond donors (Lipinski definition) is 0. The Bertz CT molecular complexity index is 831. The first-order valence-corrected chi connectivity index (χ1v) is 10.6. The second-order valence-corrected chi connectivity index (χ2v) is 7.99. The van der Waals surface area contributed by atoms with Gasteiger partial charge in [-0.25, -0.2) is 0 Å². The summed E-state index contributed by atoms with van der Waals surface area (Å²) in [7, 11) is 7.39. The van der Waals surface area contributed by atoms with Gasteiger partial charge in [-0.05, 0) is 37.2 Å². The number of benzene rings is 2. The number of methoxy groups -OCH3 is 1. The molecule has 162 valence electrons. The van der Waals surface area contributed by atoms with Crippen LogP contribution >= 0.6 is 0 Å². The van der Waals surface area contributed by atoms with Crippen LogP contribution in [0.4, 0.5) is 11.4 Å². The molecule has 0 bridgehead atoms. The molecule has 30 heavy (non-hydrogen) atoms. The molecule has 0 aromatic heterocycles. The summed E-state index contributed by atoms with van der Waals surface area (Å²) < 4.78 is 5.51. The highest BCUT2D eigenvalue weighted by molar-refractivity contribution is 5.99. The van der Waals surface area contributed by atoms with Crippen molar-refractivity contribution in [3.8, 4) is 5.75 Å². The molecule has 0 spiro atoms. The van der Waals surface area contributed by atoms with Gasteiger partial charge in [-0.1, -0.05) is 24.3 Å². The fourth-order valence-corrected chi connectivity index (χ4v) is 3.98. The number of piperazine rings is 1. The molecule has 0 saturated carbocycles. The van der Waals surface area contributed by atoms with Gasteiger partial charge in [0.2, 0.25) is 0 Å². The number of ether oxygens (including phenoxy) is 1. The lowest BCUT2D eigenvalue weighted by atomic mass is 10.1.